The molecular weight excluding hydrogens is 370 g/mol. The monoisotopic (exact) mass is 397 g/mol. The van der Waals surface area contributed by atoms with Gasteiger partial charge in [-0.3, -0.25) is 14.7 Å². The number of hydrogen-bond donors (Lipinski definition) is 1. The SMILES string of the molecule is O=C(/C=C/c1ccc2ccccc2c1)N[C@@H]1C2CCN(CC2)[C@@H]1Cc1cccnc1. The van der Waals surface area contributed by atoms with E-state index >= 15 is 0 Å². The van der Waals surface area contributed by atoms with Crippen LogP contribution in [0.2, 0.25) is 0 Å². The lowest BCUT2D eigenvalue weighted by molar-refractivity contribution is -0.119. The van der Waals surface area contributed by atoms with E-state index in [-0.39, 0.29) is 11.9 Å². The summed E-state index contributed by atoms with van der Waals surface area (Å²) in [6.07, 6.45) is 10.6. The third-order valence-corrected chi connectivity index (χ3v) is 6.64. The van der Waals surface area contributed by atoms with Crippen molar-refractivity contribution in [3.63, 3.8) is 0 Å². The molecule has 3 aliphatic heterocycles. The minimum Gasteiger partial charge on any atom is -0.348 e. The van der Waals surface area contributed by atoms with Crippen molar-refractivity contribution in [2.75, 3.05) is 13.1 Å². The number of nitrogens with one attached hydrogen (secondary N) is 1. The molecule has 2 bridgehead atoms. The van der Waals surface area contributed by atoms with E-state index in [2.05, 4.69) is 51.6 Å². The van der Waals surface area contributed by atoms with E-state index in [1.165, 1.54) is 29.2 Å². The molecule has 1 N–H and O–H groups in total. The summed E-state index contributed by atoms with van der Waals surface area (Å²) in [7, 11) is 0. The first-order valence-electron chi connectivity index (χ1n) is 10.9. The Hall–Kier alpha value is -2.98. The van der Waals surface area contributed by atoms with Gasteiger partial charge < -0.3 is 5.32 Å². The number of carbonyl (C=O) groups excluding carboxylic acids is 1. The lowest BCUT2D eigenvalue weighted by atomic mass is 9.77. The second kappa shape index (κ2) is 8.41. The highest BCUT2D eigenvalue weighted by Crippen LogP contribution is 2.34. The van der Waals surface area contributed by atoms with Gasteiger partial charge in [-0.1, -0.05) is 42.5 Å². The number of fused-ring (bicyclic) bond motifs is 4. The van der Waals surface area contributed by atoms with Crippen molar-refractivity contribution < 1.29 is 4.79 Å². The second-order valence-corrected chi connectivity index (χ2v) is 8.48. The average Bonchev–Trinajstić information content (AvgIpc) is 2.80. The number of rotatable bonds is 5. The first-order chi connectivity index (χ1) is 14.8. The molecule has 2 atom stereocenters. The summed E-state index contributed by atoms with van der Waals surface area (Å²) in [5, 5.41) is 5.74. The Balaban J connectivity index is 1.29. The lowest BCUT2D eigenvalue weighted by Gasteiger charge is -2.51. The number of nitrogens with zero attached hydrogens (tertiary/aromatic N) is 2. The first kappa shape index (κ1) is 19.0. The smallest absolute Gasteiger partial charge is 0.244 e. The highest BCUT2D eigenvalue weighted by Gasteiger charge is 2.42. The fourth-order valence-corrected chi connectivity index (χ4v) is 5.08. The largest absolute Gasteiger partial charge is 0.348 e. The maximum absolute atomic E-state index is 12.8. The van der Waals surface area contributed by atoms with Crippen LogP contribution in [0, 0.1) is 5.92 Å². The van der Waals surface area contributed by atoms with E-state index < -0.39 is 0 Å². The standard InChI is InChI=1S/C26H27N3O/c30-25(10-8-19-7-9-21-5-1-2-6-23(21)16-19)28-26-22-11-14-29(15-12-22)24(26)17-20-4-3-13-27-18-20/h1-10,13,16,18,22,24,26H,11-12,14-15,17H2,(H,28,30)/b10-8+/t24-,26-/m1/s1. The third kappa shape index (κ3) is 4.01. The number of pyridine rings is 1. The van der Waals surface area contributed by atoms with Crippen LogP contribution in [-0.4, -0.2) is 41.0 Å². The summed E-state index contributed by atoms with van der Waals surface area (Å²) in [4.78, 5) is 19.6. The van der Waals surface area contributed by atoms with E-state index in [4.69, 9.17) is 0 Å². The van der Waals surface area contributed by atoms with Crippen LogP contribution in [0.3, 0.4) is 0 Å². The maximum Gasteiger partial charge on any atom is 0.244 e. The third-order valence-electron chi connectivity index (χ3n) is 6.64. The van der Waals surface area contributed by atoms with E-state index in [0.717, 1.165) is 25.1 Å². The normalized spacial score (nSPS) is 25.6. The summed E-state index contributed by atoms with van der Waals surface area (Å²) >= 11 is 0. The number of hydrogen-bond acceptors (Lipinski definition) is 3. The maximum atomic E-state index is 12.8. The average molecular weight is 398 g/mol. The van der Waals surface area contributed by atoms with Gasteiger partial charge in [-0.05, 0) is 78.4 Å². The molecule has 152 valence electrons. The molecule has 1 aromatic heterocycles. The summed E-state index contributed by atoms with van der Waals surface area (Å²) in [6, 6.07) is 19.2. The number of carbonyl (C=O) groups is 1. The van der Waals surface area contributed by atoms with Crippen LogP contribution in [0.15, 0.2) is 73.1 Å². The van der Waals surface area contributed by atoms with Crippen molar-refractivity contribution in [2.45, 2.75) is 31.3 Å². The molecule has 0 saturated carbocycles. The Bertz CT molecular complexity index is 1050. The van der Waals surface area contributed by atoms with Crippen LogP contribution in [-0.2, 0) is 11.2 Å². The van der Waals surface area contributed by atoms with Gasteiger partial charge in [0.05, 0.1) is 0 Å². The summed E-state index contributed by atoms with van der Waals surface area (Å²) in [5.41, 5.74) is 2.28. The van der Waals surface area contributed by atoms with Crippen LogP contribution in [0.1, 0.15) is 24.0 Å². The van der Waals surface area contributed by atoms with Gasteiger partial charge in [0.2, 0.25) is 5.91 Å². The van der Waals surface area contributed by atoms with Crippen LogP contribution in [0.25, 0.3) is 16.8 Å². The van der Waals surface area contributed by atoms with Gasteiger partial charge in [0.15, 0.2) is 0 Å². The first-order valence-corrected chi connectivity index (χ1v) is 10.9. The molecule has 4 heteroatoms. The zero-order chi connectivity index (χ0) is 20.3. The Morgan fingerprint density at radius 3 is 2.70 bits per heavy atom. The molecule has 3 fully saturated rings. The molecule has 1 amide bonds. The number of aromatic nitrogens is 1. The molecule has 4 nitrogen and oxygen atoms in total. The fourth-order valence-electron chi connectivity index (χ4n) is 5.08. The molecule has 3 aromatic rings. The van der Waals surface area contributed by atoms with Crippen molar-refractivity contribution in [3.8, 4) is 0 Å². The van der Waals surface area contributed by atoms with E-state index in [1.54, 1.807) is 6.08 Å². The zero-order valence-corrected chi connectivity index (χ0v) is 17.1. The molecule has 0 spiro atoms. The molecule has 4 heterocycles. The summed E-state index contributed by atoms with van der Waals surface area (Å²) in [5.74, 6) is 0.563. The van der Waals surface area contributed by atoms with Crippen molar-refractivity contribution in [1.29, 1.82) is 0 Å². The number of benzene rings is 2. The summed E-state index contributed by atoms with van der Waals surface area (Å²) in [6.45, 7) is 2.27. The molecule has 2 aromatic carbocycles. The molecule has 6 rings (SSSR count). The van der Waals surface area contributed by atoms with Gasteiger partial charge in [0.1, 0.15) is 0 Å². The minimum atomic E-state index is -0.00176. The van der Waals surface area contributed by atoms with Gasteiger partial charge in [-0.25, -0.2) is 0 Å². The topological polar surface area (TPSA) is 45.2 Å². The van der Waals surface area contributed by atoms with Gasteiger partial charge in [0.25, 0.3) is 0 Å². The predicted octanol–water partition coefficient (Wildman–Crippen LogP) is 4.07. The Kier molecular flexibility index (Phi) is 5.33. The van der Waals surface area contributed by atoms with Gasteiger partial charge in [0, 0.05) is 30.6 Å². The van der Waals surface area contributed by atoms with Crippen LogP contribution in [0.5, 0.6) is 0 Å². The molecule has 3 saturated heterocycles. The van der Waals surface area contributed by atoms with Gasteiger partial charge in [-0.15, -0.1) is 0 Å². The number of amides is 1. The minimum absolute atomic E-state index is 0.00176. The molecule has 3 aliphatic rings. The predicted molar refractivity (Wildman–Crippen MR) is 121 cm³/mol. The molecule has 0 radical (unpaired) electrons. The molecule has 0 unspecified atom stereocenters. The van der Waals surface area contributed by atoms with Gasteiger partial charge >= 0.3 is 0 Å². The van der Waals surface area contributed by atoms with Crippen molar-refractivity contribution in [3.05, 3.63) is 84.2 Å². The highest BCUT2D eigenvalue weighted by molar-refractivity contribution is 5.93. The number of piperidine rings is 3. The van der Waals surface area contributed by atoms with Crippen molar-refractivity contribution >= 4 is 22.8 Å². The Labute approximate surface area is 177 Å². The van der Waals surface area contributed by atoms with E-state index in [9.17, 15) is 4.79 Å². The zero-order valence-electron chi connectivity index (χ0n) is 17.1. The quantitative estimate of drug-likeness (QED) is 0.660. The Morgan fingerprint density at radius 1 is 1.07 bits per heavy atom. The van der Waals surface area contributed by atoms with E-state index in [1.807, 2.05) is 36.7 Å². The second-order valence-electron chi connectivity index (χ2n) is 8.48. The lowest BCUT2D eigenvalue weighted by Crippen LogP contribution is -2.64. The fraction of sp³-hybridized carbons (Fsp3) is 0.308. The van der Waals surface area contributed by atoms with Crippen LogP contribution >= 0.6 is 0 Å². The van der Waals surface area contributed by atoms with Gasteiger partial charge in [-0.2, -0.15) is 0 Å². The molecule has 30 heavy (non-hydrogen) atoms. The van der Waals surface area contributed by atoms with Crippen LogP contribution < -0.4 is 5.32 Å². The summed E-state index contributed by atoms with van der Waals surface area (Å²) < 4.78 is 0. The molecule has 0 aliphatic carbocycles. The Morgan fingerprint density at radius 2 is 1.90 bits per heavy atom. The van der Waals surface area contributed by atoms with Crippen molar-refractivity contribution in [2.24, 2.45) is 5.92 Å². The highest BCUT2D eigenvalue weighted by atomic mass is 16.1. The van der Waals surface area contributed by atoms with E-state index in [0.29, 0.717) is 12.0 Å². The van der Waals surface area contributed by atoms with Crippen molar-refractivity contribution in [1.82, 2.24) is 15.2 Å². The van der Waals surface area contributed by atoms with Crippen LogP contribution in [0.4, 0.5) is 0 Å². The molecular formula is C26H27N3O.